The van der Waals surface area contributed by atoms with Gasteiger partial charge >= 0.3 is 5.97 Å². The molecule has 2 N–H and O–H groups in total. The fourth-order valence-corrected chi connectivity index (χ4v) is 1.28. The van der Waals surface area contributed by atoms with Gasteiger partial charge in [0.2, 0.25) is 0 Å². The Morgan fingerprint density at radius 3 is 2.44 bits per heavy atom. The molecule has 0 bridgehead atoms. The standard InChI is InChI=1S/C11H15NO3.ClH/c1-7(12)8-4-5-10(14-2)9(6-8)11(13)15-3;/h4-7H,12H2,1-3H3;1H/t7-;/m0./s1. The molecular formula is C11H16ClNO3. The van der Waals surface area contributed by atoms with Gasteiger partial charge < -0.3 is 15.2 Å². The monoisotopic (exact) mass is 245 g/mol. The first kappa shape index (κ1) is 14.7. The Bertz CT molecular complexity index is 366. The summed E-state index contributed by atoms with van der Waals surface area (Å²) in [6, 6.07) is 5.11. The van der Waals surface area contributed by atoms with E-state index in [4.69, 9.17) is 10.5 Å². The zero-order valence-corrected chi connectivity index (χ0v) is 10.3. The van der Waals surface area contributed by atoms with Gasteiger partial charge in [-0.15, -0.1) is 12.4 Å². The van der Waals surface area contributed by atoms with Gasteiger partial charge in [-0.3, -0.25) is 0 Å². The molecule has 0 fully saturated rings. The lowest BCUT2D eigenvalue weighted by atomic mass is 10.0. The molecule has 1 atom stereocenters. The topological polar surface area (TPSA) is 61.5 Å². The molecule has 90 valence electrons. The third-order valence-electron chi connectivity index (χ3n) is 2.15. The lowest BCUT2D eigenvalue weighted by Crippen LogP contribution is -2.09. The van der Waals surface area contributed by atoms with Crippen molar-refractivity contribution in [2.24, 2.45) is 5.73 Å². The Hall–Kier alpha value is -1.26. The smallest absolute Gasteiger partial charge is 0.341 e. The summed E-state index contributed by atoms with van der Waals surface area (Å²) in [6.07, 6.45) is 0. The van der Waals surface area contributed by atoms with Gasteiger partial charge in [-0.25, -0.2) is 4.79 Å². The minimum Gasteiger partial charge on any atom is -0.496 e. The normalized spacial score (nSPS) is 11.2. The number of halogens is 1. The van der Waals surface area contributed by atoms with Crippen LogP contribution in [-0.4, -0.2) is 20.2 Å². The fourth-order valence-electron chi connectivity index (χ4n) is 1.28. The predicted molar refractivity (Wildman–Crippen MR) is 64.2 cm³/mol. The number of hydrogen-bond acceptors (Lipinski definition) is 4. The van der Waals surface area contributed by atoms with Crippen molar-refractivity contribution in [3.8, 4) is 5.75 Å². The van der Waals surface area contributed by atoms with Crippen molar-refractivity contribution in [3.05, 3.63) is 29.3 Å². The highest BCUT2D eigenvalue weighted by Gasteiger charge is 2.14. The number of hydrogen-bond donors (Lipinski definition) is 1. The molecule has 0 heterocycles. The van der Waals surface area contributed by atoms with Crippen LogP contribution in [-0.2, 0) is 4.74 Å². The first-order chi connectivity index (χ1) is 7.10. The first-order valence-electron chi connectivity index (χ1n) is 4.62. The van der Waals surface area contributed by atoms with E-state index in [1.807, 2.05) is 13.0 Å². The Labute approximate surface area is 101 Å². The maximum absolute atomic E-state index is 11.4. The number of carbonyl (C=O) groups is 1. The zero-order valence-electron chi connectivity index (χ0n) is 9.52. The summed E-state index contributed by atoms with van der Waals surface area (Å²) in [5.74, 6) is 0.0700. The van der Waals surface area contributed by atoms with Crippen molar-refractivity contribution in [1.82, 2.24) is 0 Å². The van der Waals surface area contributed by atoms with Gasteiger partial charge in [0.1, 0.15) is 11.3 Å². The van der Waals surface area contributed by atoms with Gasteiger partial charge in [-0.1, -0.05) is 6.07 Å². The van der Waals surface area contributed by atoms with Crippen molar-refractivity contribution >= 4 is 18.4 Å². The molecule has 0 spiro atoms. The molecular weight excluding hydrogens is 230 g/mol. The average Bonchev–Trinajstić information content (AvgIpc) is 2.27. The molecule has 0 saturated heterocycles. The van der Waals surface area contributed by atoms with E-state index in [1.165, 1.54) is 14.2 Å². The Kier molecular flexibility index (Phi) is 5.85. The minimum atomic E-state index is -0.422. The number of benzene rings is 1. The van der Waals surface area contributed by atoms with Gasteiger partial charge in [0.15, 0.2) is 0 Å². The van der Waals surface area contributed by atoms with Gasteiger partial charge in [0.25, 0.3) is 0 Å². The summed E-state index contributed by atoms with van der Waals surface area (Å²) in [5.41, 5.74) is 6.99. The maximum Gasteiger partial charge on any atom is 0.341 e. The van der Waals surface area contributed by atoms with Gasteiger partial charge in [0.05, 0.1) is 14.2 Å². The van der Waals surface area contributed by atoms with Crippen molar-refractivity contribution in [2.45, 2.75) is 13.0 Å². The van der Waals surface area contributed by atoms with Crippen molar-refractivity contribution in [1.29, 1.82) is 0 Å². The molecule has 1 aromatic carbocycles. The van der Waals surface area contributed by atoms with E-state index < -0.39 is 5.97 Å². The highest BCUT2D eigenvalue weighted by atomic mass is 35.5. The Balaban J connectivity index is 0.00000225. The van der Waals surface area contributed by atoms with Gasteiger partial charge in [-0.05, 0) is 24.6 Å². The summed E-state index contributed by atoms with van der Waals surface area (Å²) in [7, 11) is 2.84. The summed E-state index contributed by atoms with van der Waals surface area (Å²) in [6.45, 7) is 1.85. The van der Waals surface area contributed by atoms with E-state index in [9.17, 15) is 4.79 Å². The largest absolute Gasteiger partial charge is 0.496 e. The molecule has 1 rings (SSSR count). The van der Waals surface area contributed by atoms with Crippen LogP contribution < -0.4 is 10.5 Å². The van der Waals surface area contributed by atoms with Crippen molar-refractivity contribution in [3.63, 3.8) is 0 Å². The quantitative estimate of drug-likeness (QED) is 0.827. The molecule has 4 nitrogen and oxygen atoms in total. The molecule has 0 aromatic heterocycles. The molecule has 1 aromatic rings. The van der Waals surface area contributed by atoms with E-state index in [0.29, 0.717) is 11.3 Å². The Morgan fingerprint density at radius 1 is 1.38 bits per heavy atom. The molecule has 0 aliphatic rings. The number of esters is 1. The lowest BCUT2D eigenvalue weighted by Gasteiger charge is -2.11. The second-order valence-electron chi connectivity index (χ2n) is 3.24. The number of ether oxygens (including phenoxy) is 2. The average molecular weight is 246 g/mol. The molecule has 0 aliphatic heterocycles. The van der Waals surface area contributed by atoms with Crippen LogP contribution in [0.25, 0.3) is 0 Å². The Morgan fingerprint density at radius 2 is 2.00 bits per heavy atom. The number of carbonyl (C=O) groups excluding carboxylic acids is 1. The highest BCUT2D eigenvalue weighted by Crippen LogP contribution is 2.23. The molecule has 5 heteroatoms. The van der Waals surface area contributed by atoms with Crippen molar-refractivity contribution < 1.29 is 14.3 Å². The third kappa shape index (κ3) is 3.12. The summed E-state index contributed by atoms with van der Waals surface area (Å²) >= 11 is 0. The van der Waals surface area contributed by atoms with Crippen LogP contribution in [0.15, 0.2) is 18.2 Å². The van der Waals surface area contributed by atoms with Gasteiger partial charge in [-0.2, -0.15) is 0 Å². The second kappa shape index (κ2) is 6.35. The summed E-state index contributed by atoms with van der Waals surface area (Å²) < 4.78 is 9.72. The highest BCUT2D eigenvalue weighted by molar-refractivity contribution is 5.92. The van der Waals surface area contributed by atoms with E-state index in [-0.39, 0.29) is 18.4 Å². The second-order valence-corrected chi connectivity index (χ2v) is 3.24. The molecule has 0 saturated carbocycles. The van der Waals surface area contributed by atoms with E-state index >= 15 is 0 Å². The van der Waals surface area contributed by atoms with Crippen LogP contribution in [0.4, 0.5) is 0 Å². The lowest BCUT2D eigenvalue weighted by molar-refractivity contribution is 0.0597. The molecule has 0 radical (unpaired) electrons. The minimum absolute atomic E-state index is 0. The molecule has 16 heavy (non-hydrogen) atoms. The van der Waals surface area contributed by atoms with E-state index in [1.54, 1.807) is 12.1 Å². The molecule has 0 aliphatic carbocycles. The first-order valence-corrected chi connectivity index (χ1v) is 4.62. The van der Waals surface area contributed by atoms with Crippen LogP contribution in [0.2, 0.25) is 0 Å². The van der Waals surface area contributed by atoms with Crippen molar-refractivity contribution in [2.75, 3.05) is 14.2 Å². The number of nitrogens with two attached hydrogens (primary N) is 1. The fraction of sp³-hybridized carbons (Fsp3) is 0.364. The maximum atomic E-state index is 11.4. The summed E-state index contributed by atoms with van der Waals surface area (Å²) in [5, 5.41) is 0. The van der Waals surface area contributed by atoms with Crippen LogP contribution in [0.5, 0.6) is 5.75 Å². The number of methoxy groups -OCH3 is 2. The van der Waals surface area contributed by atoms with Crippen LogP contribution >= 0.6 is 12.4 Å². The van der Waals surface area contributed by atoms with E-state index in [2.05, 4.69) is 4.74 Å². The van der Waals surface area contributed by atoms with Crippen LogP contribution in [0.3, 0.4) is 0 Å². The van der Waals surface area contributed by atoms with Crippen LogP contribution in [0.1, 0.15) is 28.9 Å². The van der Waals surface area contributed by atoms with E-state index in [0.717, 1.165) is 5.56 Å². The van der Waals surface area contributed by atoms with Crippen LogP contribution in [0, 0.1) is 0 Å². The number of rotatable bonds is 3. The third-order valence-corrected chi connectivity index (χ3v) is 2.15. The summed E-state index contributed by atoms with van der Waals surface area (Å²) in [4.78, 5) is 11.4. The molecule has 0 unspecified atom stereocenters. The molecule has 0 amide bonds. The SMILES string of the molecule is COC(=O)c1cc([C@H](C)N)ccc1OC.Cl. The zero-order chi connectivity index (χ0) is 11.4. The predicted octanol–water partition coefficient (Wildman–Crippen LogP) is 1.92. The van der Waals surface area contributed by atoms with Gasteiger partial charge in [0, 0.05) is 6.04 Å².